The van der Waals surface area contributed by atoms with Crippen molar-refractivity contribution in [3.63, 3.8) is 0 Å². The van der Waals surface area contributed by atoms with Gasteiger partial charge in [-0.2, -0.15) is 0 Å². The molecule has 5 heteroatoms. The molecular weight excluding hydrogens is 220 g/mol. The first-order valence-corrected chi connectivity index (χ1v) is 5.60. The molecule has 1 aromatic heterocycles. The summed E-state index contributed by atoms with van der Waals surface area (Å²) in [6, 6.07) is 1.83. The molecule has 14 heavy (non-hydrogen) atoms. The van der Waals surface area contributed by atoms with Gasteiger partial charge in [0.1, 0.15) is 11.8 Å². The highest BCUT2D eigenvalue weighted by Gasteiger charge is 2.20. The lowest BCUT2D eigenvalue weighted by atomic mass is 10.1. The van der Waals surface area contributed by atoms with E-state index in [0.29, 0.717) is 0 Å². The number of thiophene rings is 1. The Morgan fingerprint density at radius 3 is 3.00 bits per heavy atom. The van der Waals surface area contributed by atoms with Gasteiger partial charge >= 0.3 is 0 Å². The van der Waals surface area contributed by atoms with Crippen LogP contribution < -0.4 is 11.3 Å². The van der Waals surface area contributed by atoms with Crippen LogP contribution in [0, 0.1) is 0 Å². The Morgan fingerprint density at radius 2 is 2.50 bits per heavy atom. The molecule has 1 aliphatic rings. The molecule has 3 N–H and O–H groups in total. The van der Waals surface area contributed by atoms with E-state index in [1.165, 1.54) is 11.3 Å². The predicted octanol–water partition coefficient (Wildman–Crippen LogP) is 2.21. The molecule has 1 atom stereocenters. The van der Waals surface area contributed by atoms with E-state index in [9.17, 15) is 0 Å². The van der Waals surface area contributed by atoms with Gasteiger partial charge in [-0.1, -0.05) is 11.6 Å². The number of halogens is 1. The van der Waals surface area contributed by atoms with Crippen LogP contribution in [0.1, 0.15) is 18.0 Å². The highest BCUT2D eigenvalue weighted by molar-refractivity contribution is 7.14. The Balaban J connectivity index is 2.20. The van der Waals surface area contributed by atoms with Crippen molar-refractivity contribution in [1.82, 2.24) is 5.43 Å². The Kier molecular flexibility index (Phi) is 3.08. The lowest BCUT2D eigenvalue weighted by Gasteiger charge is -2.15. The minimum atomic E-state index is -0.0683. The monoisotopic (exact) mass is 230 g/mol. The van der Waals surface area contributed by atoms with Crippen molar-refractivity contribution in [2.45, 2.75) is 12.5 Å². The summed E-state index contributed by atoms with van der Waals surface area (Å²) in [5.74, 6) is 6.38. The number of rotatable bonds is 3. The molecule has 0 bridgehead atoms. The zero-order valence-corrected chi connectivity index (χ0v) is 9.07. The molecule has 0 amide bonds. The number of hydrazine groups is 1. The molecule has 76 valence electrons. The van der Waals surface area contributed by atoms with E-state index in [1.54, 1.807) is 0 Å². The fourth-order valence-corrected chi connectivity index (χ4v) is 2.37. The molecule has 0 spiro atoms. The van der Waals surface area contributed by atoms with Crippen molar-refractivity contribution in [2.75, 3.05) is 6.61 Å². The third kappa shape index (κ3) is 1.93. The summed E-state index contributed by atoms with van der Waals surface area (Å²) in [6.07, 6.45) is 3.00. The van der Waals surface area contributed by atoms with E-state index in [1.807, 2.05) is 11.4 Å². The molecule has 1 unspecified atom stereocenters. The molecule has 3 nitrogen and oxygen atoms in total. The minimum Gasteiger partial charge on any atom is -0.496 e. The number of ether oxygens (including phenoxy) is 1. The summed E-state index contributed by atoms with van der Waals surface area (Å²) in [6.45, 7) is 0.741. The van der Waals surface area contributed by atoms with Crippen LogP contribution in [0.4, 0.5) is 0 Å². The summed E-state index contributed by atoms with van der Waals surface area (Å²) in [7, 11) is 0. The van der Waals surface area contributed by atoms with Crippen LogP contribution in [0.15, 0.2) is 23.3 Å². The van der Waals surface area contributed by atoms with Gasteiger partial charge in [-0.3, -0.25) is 5.84 Å². The highest BCUT2D eigenvalue weighted by atomic mass is 35.5. The Labute approximate surface area is 91.5 Å². The van der Waals surface area contributed by atoms with E-state index in [0.717, 1.165) is 28.7 Å². The number of nitrogens with one attached hydrogen (secondary N) is 1. The van der Waals surface area contributed by atoms with Crippen molar-refractivity contribution >= 4 is 22.9 Å². The molecule has 1 aliphatic heterocycles. The molecule has 0 aliphatic carbocycles. The second-order valence-corrected chi connectivity index (χ2v) is 4.57. The third-order valence-electron chi connectivity index (χ3n) is 2.10. The Morgan fingerprint density at radius 1 is 1.64 bits per heavy atom. The summed E-state index contributed by atoms with van der Waals surface area (Å²) in [5.41, 5.74) is 3.78. The zero-order chi connectivity index (χ0) is 9.97. The van der Waals surface area contributed by atoms with Crippen LogP contribution in [0.5, 0.6) is 0 Å². The van der Waals surface area contributed by atoms with Gasteiger partial charge in [0, 0.05) is 6.42 Å². The molecule has 0 radical (unpaired) electrons. The smallest absolute Gasteiger partial charge is 0.115 e. The molecular formula is C9H11ClN2OS. The fraction of sp³-hybridized carbons (Fsp3) is 0.333. The van der Waals surface area contributed by atoms with Crippen molar-refractivity contribution in [2.24, 2.45) is 5.84 Å². The maximum atomic E-state index is 5.86. The van der Waals surface area contributed by atoms with E-state index in [-0.39, 0.29) is 6.04 Å². The number of hydrogen-bond donors (Lipinski definition) is 2. The molecule has 0 saturated carbocycles. The maximum absolute atomic E-state index is 5.86. The largest absolute Gasteiger partial charge is 0.496 e. The lowest BCUT2D eigenvalue weighted by molar-refractivity contribution is 0.216. The van der Waals surface area contributed by atoms with E-state index in [2.05, 4.69) is 11.5 Å². The Bertz CT molecular complexity index is 350. The van der Waals surface area contributed by atoms with Gasteiger partial charge in [0.05, 0.1) is 10.9 Å². The summed E-state index contributed by atoms with van der Waals surface area (Å²) in [5, 5.41) is 1.98. The minimum absolute atomic E-state index is 0.0683. The van der Waals surface area contributed by atoms with Gasteiger partial charge in [0.15, 0.2) is 0 Å². The van der Waals surface area contributed by atoms with Crippen LogP contribution in [-0.4, -0.2) is 6.61 Å². The summed E-state index contributed by atoms with van der Waals surface area (Å²) >= 11 is 7.35. The molecule has 2 rings (SSSR count). The fourth-order valence-electron chi connectivity index (χ4n) is 1.46. The van der Waals surface area contributed by atoms with E-state index < -0.39 is 0 Å². The second kappa shape index (κ2) is 4.31. The second-order valence-electron chi connectivity index (χ2n) is 3.03. The van der Waals surface area contributed by atoms with E-state index in [4.69, 9.17) is 22.2 Å². The number of hydrogen-bond acceptors (Lipinski definition) is 4. The molecule has 0 saturated heterocycles. The van der Waals surface area contributed by atoms with Crippen molar-refractivity contribution < 1.29 is 4.74 Å². The van der Waals surface area contributed by atoms with Crippen molar-refractivity contribution in [3.05, 3.63) is 33.2 Å². The van der Waals surface area contributed by atoms with Crippen LogP contribution in [-0.2, 0) is 4.74 Å². The van der Waals surface area contributed by atoms with Crippen molar-refractivity contribution in [1.29, 1.82) is 0 Å². The van der Waals surface area contributed by atoms with Crippen LogP contribution >= 0.6 is 22.9 Å². The molecule has 0 fully saturated rings. The molecule has 0 aromatic carbocycles. The first-order chi connectivity index (χ1) is 6.81. The average Bonchev–Trinajstić information content (AvgIpc) is 2.79. The normalized spacial score (nSPS) is 17.7. The van der Waals surface area contributed by atoms with Gasteiger partial charge in [0.2, 0.25) is 0 Å². The quantitative estimate of drug-likeness (QED) is 0.618. The molecule has 1 aromatic rings. The molecule has 2 heterocycles. The van der Waals surface area contributed by atoms with Crippen molar-refractivity contribution in [3.8, 4) is 0 Å². The van der Waals surface area contributed by atoms with Crippen LogP contribution in [0.25, 0.3) is 0 Å². The topological polar surface area (TPSA) is 47.3 Å². The van der Waals surface area contributed by atoms with Gasteiger partial charge in [0.25, 0.3) is 0 Å². The summed E-state index contributed by atoms with van der Waals surface area (Å²) in [4.78, 5) is 0. The maximum Gasteiger partial charge on any atom is 0.115 e. The zero-order valence-electron chi connectivity index (χ0n) is 7.50. The first-order valence-electron chi connectivity index (χ1n) is 4.34. The lowest BCUT2D eigenvalue weighted by Crippen LogP contribution is -2.29. The SMILES string of the molecule is NNC(C1=CCCO1)c1csc(Cl)c1. The first kappa shape index (κ1) is 9.98. The van der Waals surface area contributed by atoms with Crippen LogP contribution in [0.2, 0.25) is 4.34 Å². The average molecular weight is 231 g/mol. The van der Waals surface area contributed by atoms with Gasteiger partial charge < -0.3 is 4.74 Å². The van der Waals surface area contributed by atoms with E-state index >= 15 is 0 Å². The highest BCUT2D eigenvalue weighted by Crippen LogP contribution is 2.30. The third-order valence-corrected chi connectivity index (χ3v) is 3.21. The van der Waals surface area contributed by atoms with Gasteiger partial charge in [-0.05, 0) is 23.1 Å². The number of nitrogens with two attached hydrogens (primary N) is 1. The predicted molar refractivity (Wildman–Crippen MR) is 58.0 cm³/mol. The van der Waals surface area contributed by atoms with Gasteiger partial charge in [-0.15, -0.1) is 11.3 Å². The summed E-state index contributed by atoms with van der Waals surface area (Å²) < 4.78 is 6.21. The van der Waals surface area contributed by atoms with Crippen LogP contribution in [0.3, 0.4) is 0 Å². The standard InChI is InChI=1S/C9H11ClN2OS/c10-8-4-6(5-14-8)9(12-11)7-2-1-3-13-7/h2,4-5,9,12H,1,3,11H2. The van der Waals surface area contributed by atoms with Gasteiger partial charge in [-0.25, -0.2) is 5.43 Å². The Hall–Kier alpha value is -0.550.